The summed E-state index contributed by atoms with van der Waals surface area (Å²) in [5, 5.41) is 11.8. The second-order valence-electron chi connectivity index (χ2n) is 3.47. The van der Waals surface area contributed by atoms with E-state index in [1.165, 1.54) is 6.42 Å². The fraction of sp³-hybridized carbons (Fsp3) is 1.00. The molecule has 0 spiro atoms. The molecule has 0 radical (unpaired) electrons. The zero-order chi connectivity index (χ0) is 11.4. The Morgan fingerprint density at radius 1 is 1.13 bits per heavy atom. The van der Waals surface area contributed by atoms with Crippen molar-refractivity contribution in [2.75, 3.05) is 52.5 Å². The Morgan fingerprint density at radius 2 is 1.87 bits per heavy atom. The van der Waals surface area contributed by atoms with Crippen molar-refractivity contribution in [3.05, 3.63) is 0 Å². The first kappa shape index (κ1) is 14.8. The predicted molar refractivity (Wildman–Crippen MR) is 63.2 cm³/mol. The lowest BCUT2D eigenvalue weighted by Gasteiger charge is -2.17. The first-order valence-corrected chi connectivity index (χ1v) is 5.96. The zero-order valence-corrected chi connectivity index (χ0v) is 10.2. The topological polar surface area (TPSA) is 44.7 Å². The van der Waals surface area contributed by atoms with Crippen molar-refractivity contribution >= 4 is 0 Å². The van der Waals surface area contributed by atoms with Crippen LogP contribution in [0.25, 0.3) is 0 Å². The Hall–Kier alpha value is -0.160. The summed E-state index contributed by atoms with van der Waals surface area (Å²) >= 11 is 0. The molecule has 0 aromatic rings. The highest BCUT2D eigenvalue weighted by Crippen LogP contribution is 1.88. The normalized spacial score (nSPS) is 11.2. The van der Waals surface area contributed by atoms with Gasteiger partial charge in [0.1, 0.15) is 0 Å². The third-order valence-corrected chi connectivity index (χ3v) is 2.38. The summed E-state index contributed by atoms with van der Waals surface area (Å²) in [6, 6.07) is 0. The summed E-state index contributed by atoms with van der Waals surface area (Å²) in [6.45, 7) is 11.0. The van der Waals surface area contributed by atoms with Crippen molar-refractivity contribution in [1.29, 1.82) is 0 Å². The molecule has 0 atom stereocenters. The van der Waals surface area contributed by atoms with Gasteiger partial charge in [0.05, 0.1) is 19.8 Å². The van der Waals surface area contributed by atoms with E-state index in [1.807, 2.05) is 0 Å². The molecular weight excluding hydrogens is 192 g/mol. The fourth-order valence-corrected chi connectivity index (χ4v) is 1.40. The van der Waals surface area contributed by atoms with E-state index in [9.17, 15) is 0 Å². The molecule has 0 aromatic carbocycles. The van der Waals surface area contributed by atoms with E-state index in [1.54, 1.807) is 0 Å². The minimum atomic E-state index is 0.113. The molecule has 0 unspecified atom stereocenters. The van der Waals surface area contributed by atoms with Crippen LogP contribution in [0.1, 0.15) is 20.3 Å². The number of nitrogens with one attached hydrogen (secondary N) is 1. The predicted octanol–water partition coefficient (Wildman–Crippen LogP) is 0.317. The molecule has 0 aliphatic carbocycles. The second-order valence-corrected chi connectivity index (χ2v) is 3.47. The summed E-state index contributed by atoms with van der Waals surface area (Å²) in [7, 11) is 0. The summed E-state index contributed by atoms with van der Waals surface area (Å²) in [4.78, 5) is 2.42. The molecule has 4 heteroatoms. The van der Waals surface area contributed by atoms with Crippen LogP contribution in [0, 0.1) is 0 Å². The SMILES string of the molecule is CCN(CC)CCCNCCOCCO. The number of aliphatic hydroxyl groups is 1. The minimum Gasteiger partial charge on any atom is -0.394 e. The Labute approximate surface area is 93.6 Å². The van der Waals surface area contributed by atoms with E-state index in [0.717, 1.165) is 32.7 Å². The molecule has 0 aliphatic rings. The van der Waals surface area contributed by atoms with E-state index >= 15 is 0 Å². The van der Waals surface area contributed by atoms with E-state index < -0.39 is 0 Å². The van der Waals surface area contributed by atoms with E-state index in [-0.39, 0.29) is 6.61 Å². The zero-order valence-electron chi connectivity index (χ0n) is 10.2. The molecule has 4 nitrogen and oxygen atoms in total. The molecule has 0 fully saturated rings. The summed E-state index contributed by atoms with van der Waals surface area (Å²) in [6.07, 6.45) is 1.18. The molecule has 0 saturated carbocycles. The van der Waals surface area contributed by atoms with Gasteiger partial charge in [-0.1, -0.05) is 13.8 Å². The highest BCUT2D eigenvalue weighted by Gasteiger charge is 1.97. The molecular formula is C11H26N2O2. The van der Waals surface area contributed by atoms with Crippen molar-refractivity contribution in [2.24, 2.45) is 0 Å². The number of aliphatic hydroxyl groups excluding tert-OH is 1. The third-order valence-electron chi connectivity index (χ3n) is 2.38. The van der Waals surface area contributed by atoms with Crippen molar-refractivity contribution in [2.45, 2.75) is 20.3 Å². The van der Waals surface area contributed by atoms with Crippen molar-refractivity contribution in [1.82, 2.24) is 10.2 Å². The molecule has 0 aromatic heterocycles. The van der Waals surface area contributed by atoms with Crippen LogP contribution in [-0.4, -0.2) is 62.6 Å². The van der Waals surface area contributed by atoms with Gasteiger partial charge in [0.2, 0.25) is 0 Å². The fourth-order valence-electron chi connectivity index (χ4n) is 1.40. The number of hydrogen-bond acceptors (Lipinski definition) is 4. The first-order valence-electron chi connectivity index (χ1n) is 5.96. The number of nitrogens with zero attached hydrogens (tertiary/aromatic N) is 1. The van der Waals surface area contributed by atoms with Gasteiger partial charge in [0, 0.05) is 6.54 Å². The molecule has 0 heterocycles. The van der Waals surface area contributed by atoms with Crippen LogP contribution < -0.4 is 5.32 Å². The van der Waals surface area contributed by atoms with Gasteiger partial charge in [-0.25, -0.2) is 0 Å². The average molecular weight is 218 g/mol. The van der Waals surface area contributed by atoms with Crippen molar-refractivity contribution in [3.8, 4) is 0 Å². The van der Waals surface area contributed by atoms with Gasteiger partial charge in [-0.2, -0.15) is 0 Å². The molecule has 0 amide bonds. The molecule has 15 heavy (non-hydrogen) atoms. The summed E-state index contributed by atoms with van der Waals surface area (Å²) in [5.41, 5.74) is 0. The van der Waals surface area contributed by atoms with Crippen LogP contribution in [0.4, 0.5) is 0 Å². The van der Waals surface area contributed by atoms with Crippen LogP contribution in [0.3, 0.4) is 0 Å². The smallest absolute Gasteiger partial charge is 0.0698 e. The highest BCUT2D eigenvalue weighted by molar-refractivity contribution is 4.54. The second kappa shape index (κ2) is 11.9. The molecule has 0 bridgehead atoms. The van der Waals surface area contributed by atoms with Gasteiger partial charge in [0.25, 0.3) is 0 Å². The highest BCUT2D eigenvalue weighted by atomic mass is 16.5. The lowest BCUT2D eigenvalue weighted by molar-refractivity contribution is 0.0938. The van der Waals surface area contributed by atoms with Crippen LogP contribution in [-0.2, 0) is 4.74 Å². The maximum Gasteiger partial charge on any atom is 0.0698 e. The van der Waals surface area contributed by atoms with Gasteiger partial charge in [-0.05, 0) is 32.6 Å². The van der Waals surface area contributed by atoms with E-state index in [4.69, 9.17) is 9.84 Å². The van der Waals surface area contributed by atoms with Gasteiger partial charge in [-0.3, -0.25) is 0 Å². The Kier molecular flexibility index (Phi) is 11.8. The average Bonchev–Trinajstić information content (AvgIpc) is 2.27. The lowest BCUT2D eigenvalue weighted by Crippen LogP contribution is -2.28. The Morgan fingerprint density at radius 3 is 2.47 bits per heavy atom. The maximum absolute atomic E-state index is 8.47. The minimum absolute atomic E-state index is 0.113. The molecule has 0 aliphatic heterocycles. The van der Waals surface area contributed by atoms with Crippen LogP contribution in [0.5, 0.6) is 0 Å². The van der Waals surface area contributed by atoms with Gasteiger partial charge < -0.3 is 20.1 Å². The van der Waals surface area contributed by atoms with E-state index in [2.05, 4.69) is 24.1 Å². The summed E-state index contributed by atoms with van der Waals surface area (Å²) < 4.78 is 5.13. The standard InChI is InChI=1S/C11H26N2O2/c1-3-13(4-2)8-5-6-12-7-10-15-11-9-14/h12,14H,3-11H2,1-2H3. The van der Waals surface area contributed by atoms with Crippen molar-refractivity contribution < 1.29 is 9.84 Å². The van der Waals surface area contributed by atoms with Gasteiger partial charge >= 0.3 is 0 Å². The largest absolute Gasteiger partial charge is 0.394 e. The van der Waals surface area contributed by atoms with Crippen LogP contribution >= 0.6 is 0 Å². The summed E-state index contributed by atoms with van der Waals surface area (Å²) in [5.74, 6) is 0. The lowest BCUT2D eigenvalue weighted by atomic mass is 10.3. The number of ether oxygens (including phenoxy) is 1. The first-order chi connectivity index (χ1) is 7.35. The Bertz CT molecular complexity index is 119. The quantitative estimate of drug-likeness (QED) is 0.490. The van der Waals surface area contributed by atoms with Crippen molar-refractivity contribution in [3.63, 3.8) is 0 Å². The number of hydrogen-bond donors (Lipinski definition) is 2. The Balaban J connectivity index is 3.04. The molecule has 0 rings (SSSR count). The van der Waals surface area contributed by atoms with E-state index in [0.29, 0.717) is 13.2 Å². The molecule has 92 valence electrons. The monoisotopic (exact) mass is 218 g/mol. The third kappa shape index (κ3) is 10.1. The molecule has 0 saturated heterocycles. The van der Waals surface area contributed by atoms with Gasteiger partial charge in [0.15, 0.2) is 0 Å². The molecule has 2 N–H and O–H groups in total. The van der Waals surface area contributed by atoms with Crippen LogP contribution in [0.15, 0.2) is 0 Å². The van der Waals surface area contributed by atoms with Crippen LogP contribution in [0.2, 0.25) is 0 Å². The number of rotatable bonds is 11. The van der Waals surface area contributed by atoms with Gasteiger partial charge in [-0.15, -0.1) is 0 Å². The maximum atomic E-state index is 8.47.